The van der Waals surface area contributed by atoms with Gasteiger partial charge >= 0.3 is 0 Å². The minimum Gasteiger partial charge on any atom is -0.495 e. The van der Waals surface area contributed by atoms with Crippen LogP contribution in [0.1, 0.15) is 5.56 Å². The maximum Gasteiger partial charge on any atom is 0.247 e. The standard InChI is InChI=1S/C12H15NO6S2/c1-19-12-6-5-10(4-3-7-14)8-11(12)13-21(17,18)9-20(2,15)16/h5-6,8,13-14H,7,9H2,1-2H3. The van der Waals surface area contributed by atoms with Gasteiger partial charge in [0.15, 0.2) is 14.9 Å². The summed E-state index contributed by atoms with van der Waals surface area (Å²) in [5.41, 5.74) is 0.521. The number of nitrogens with one attached hydrogen (secondary N) is 1. The number of benzene rings is 1. The molecule has 0 aromatic heterocycles. The van der Waals surface area contributed by atoms with Crippen LogP contribution in [0.25, 0.3) is 0 Å². The summed E-state index contributed by atoms with van der Waals surface area (Å²) in [4.78, 5) is 0. The molecule has 1 rings (SSSR count). The molecule has 0 saturated heterocycles. The predicted octanol–water partition coefficient (Wildman–Crippen LogP) is -0.217. The number of ether oxygens (including phenoxy) is 1. The highest BCUT2D eigenvalue weighted by atomic mass is 32.3. The monoisotopic (exact) mass is 333 g/mol. The zero-order chi connectivity index (χ0) is 16.1. The smallest absolute Gasteiger partial charge is 0.247 e. The molecule has 116 valence electrons. The summed E-state index contributed by atoms with van der Waals surface area (Å²) in [7, 11) is -6.43. The number of sulfonamides is 1. The number of aliphatic hydroxyl groups is 1. The molecule has 0 radical (unpaired) electrons. The Morgan fingerprint density at radius 2 is 1.95 bits per heavy atom. The first-order valence-corrected chi connectivity index (χ1v) is 9.34. The van der Waals surface area contributed by atoms with Crippen LogP contribution in [0.4, 0.5) is 5.69 Å². The van der Waals surface area contributed by atoms with Gasteiger partial charge in [-0.15, -0.1) is 0 Å². The van der Waals surface area contributed by atoms with Crippen LogP contribution in [0.2, 0.25) is 0 Å². The molecular formula is C12H15NO6S2. The van der Waals surface area contributed by atoms with Crippen molar-refractivity contribution in [3.05, 3.63) is 23.8 Å². The molecule has 0 atom stereocenters. The maximum absolute atomic E-state index is 11.8. The van der Waals surface area contributed by atoms with Gasteiger partial charge in [-0.1, -0.05) is 11.8 Å². The summed E-state index contributed by atoms with van der Waals surface area (Å²) in [6, 6.07) is 4.46. The van der Waals surface area contributed by atoms with Gasteiger partial charge in [-0.2, -0.15) is 0 Å². The fraction of sp³-hybridized carbons (Fsp3) is 0.333. The molecule has 0 aliphatic rings. The van der Waals surface area contributed by atoms with Crippen LogP contribution in [0.5, 0.6) is 5.75 Å². The van der Waals surface area contributed by atoms with E-state index in [4.69, 9.17) is 9.84 Å². The van der Waals surface area contributed by atoms with Crippen molar-refractivity contribution in [3.63, 3.8) is 0 Å². The number of anilines is 1. The Morgan fingerprint density at radius 3 is 2.48 bits per heavy atom. The highest BCUT2D eigenvalue weighted by Crippen LogP contribution is 2.26. The van der Waals surface area contributed by atoms with E-state index in [0.29, 0.717) is 5.56 Å². The Kier molecular flexibility index (Phi) is 5.60. The van der Waals surface area contributed by atoms with Crippen LogP contribution >= 0.6 is 0 Å². The average molecular weight is 333 g/mol. The molecule has 1 aromatic rings. The molecular weight excluding hydrogens is 318 g/mol. The van der Waals surface area contributed by atoms with Gasteiger partial charge in [-0.05, 0) is 18.2 Å². The second-order valence-corrected chi connectivity index (χ2v) is 8.36. The Balaban J connectivity index is 3.16. The molecule has 0 bridgehead atoms. The molecule has 9 heteroatoms. The van der Waals surface area contributed by atoms with Crippen molar-refractivity contribution >= 4 is 25.5 Å². The minimum absolute atomic E-state index is 0.0749. The Bertz CT molecular complexity index is 772. The van der Waals surface area contributed by atoms with Crippen molar-refractivity contribution in [1.29, 1.82) is 0 Å². The van der Waals surface area contributed by atoms with Crippen LogP contribution in [0, 0.1) is 11.8 Å². The third-order valence-electron chi connectivity index (χ3n) is 2.15. The van der Waals surface area contributed by atoms with E-state index in [1.165, 1.54) is 19.2 Å². The zero-order valence-electron chi connectivity index (χ0n) is 11.5. The number of methoxy groups -OCH3 is 1. The molecule has 0 saturated carbocycles. The molecule has 0 unspecified atom stereocenters. The normalized spacial score (nSPS) is 11.4. The molecule has 0 fully saturated rings. The zero-order valence-corrected chi connectivity index (χ0v) is 13.1. The van der Waals surface area contributed by atoms with Gasteiger partial charge in [0, 0.05) is 11.8 Å². The van der Waals surface area contributed by atoms with E-state index in [0.717, 1.165) is 6.26 Å². The lowest BCUT2D eigenvalue weighted by Gasteiger charge is -2.11. The maximum atomic E-state index is 11.8. The Morgan fingerprint density at radius 1 is 1.29 bits per heavy atom. The first-order valence-electron chi connectivity index (χ1n) is 5.63. The summed E-state index contributed by atoms with van der Waals surface area (Å²) in [5.74, 6) is 5.26. The van der Waals surface area contributed by atoms with Crippen LogP contribution in [0.3, 0.4) is 0 Å². The summed E-state index contributed by atoms with van der Waals surface area (Å²) < 4.78 is 52.9. The van der Waals surface area contributed by atoms with Crippen molar-refractivity contribution in [2.75, 3.05) is 29.8 Å². The van der Waals surface area contributed by atoms with Gasteiger partial charge in [-0.25, -0.2) is 16.8 Å². The molecule has 0 amide bonds. The molecule has 0 aliphatic heterocycles. The van der Waals surface area contributed by atoms with Crippen LogP contribution < -0.4 is 9.46 Å². The van der Waals surface area contributed by atoms with Crippen molar-refractivity contribution in [3.8, 4) is 17.6 Å². The third kappa shape index (κ3) is 6.03. The van der Waals surface area contributed by atoms with E-state index in [1.807, 2.05) is 0 Å². The minimum atomic E-state index is -4.08. The van der Waals surface area contributed by atoms with E-state index in [9.17, 15) is 16.8 Å². The number of aliphatic hydroxyl groups excluding tert-OH is 1. The summed E-state index contributed by atoms with van der Waals surface area (Å²) >= 11 is 0. The molecule has 7 nitrogen and oxygen atoms in total. The SMILES string of the molecule is COc1ccc(C#CCO)cc1NS(=O)(=O)CS(C)(=O)=O. The van der Waals surface area contributed by atoms with Crippen molar-refractivity contribution in [2.45, 2.75) is 0 Å². The fourth-order valence-corrected chi connectivity index (χ4v) is 4.47. The average Bonchev–Trinajstić information content (AvgIpc) is 2.33. The fourth-order valence-electron chi connectivity index (χ4n) is 1.49. The largest absolute Gasteiger partial charge is 0.495 e. The lowest BCUT2D eigenvalue weighted by Crippen LogP contribution is -2.22. The van der Waals surface area contributed by atoms with E-state index in [2.05, 4.69) is 16.6 Å². The van der Waals surface area contributed by atoms with Crippen LogP contribution in [-0.4, -0.2) is 47.0 Å². The first kappa shape index (κ1) is 17.3. The second-order valence-electron chi connectivity index (χ2n) is 4.14. The van der Waals surface area contributed by atoms with Crippen LogP contribution in [0.15, 0.2) is 18.2 Å². The van der Waals surface area contributed by atoms with Crippen LogP contribution in [-0.2, 0) is 19.9 Å². The summed E-state index contributed by atoms with van der Waals surface area (Å²) in [6.45, 7) is -0.332. The lowest BCUT2D eigenvalue weighted by molar-refractivity contribution is 0.350. The Labute approximate surface area is 123 Å². The lowest BCUT2D eigenvalue weighted by atomic mass is 10.2. The van der Waals surface area contributed by atoms with Crippen molar-refractivity contribution in [1.82, 2.24) is 0 Å². The first-order chi connectivity index (χ1) is 9.67. The summed E-state index contributed by atoms with van der Waals surface area (Å²) in [5, 5.41) is 7.60. The Hall–Kier alpha value is -1.76. The van der Waals surface area contributed by atoms with Gasteiger partial charge in [0.2, 0.25) is 10.0 Å². The van der Waals surface area contributed by atoms with E-state index >= 15 is 0 Å². The third-order valence-corrected chi connectivity index (χ3v) is 5.63. The van der Waals surface area contributed by atoms with E-state index < -0.39 is 24.9 Å². The number of hydrogen-bond donors (Lipinski definition) is 2. The van der Waals surface area contributed by atoms with E-state index in [-0.39, 0.29) is 18.0 Å². The quantitative estimate of drug-likeness (QED) is 0.721. The summed E-state index contributed by atoms with van der Waals surface area (Å²) in [6.07, 6.45) is 0.826. The number of sulfone groups is 1. The molecule has 1 aromatic carbocycles. The van der Waals surface area contributed by atoms with Gasteiger partial charge in [0.25, 0.3) is 0 Å². The van der Waals surface area contributed by atoms with Crippen molar-refractivity contribution in [2.24, 2.45) is 0 Å². The van der Waals surface area contributed by atoms with Gasteiger partial charge in [0.1, 0.15) is 12.4 Å². The molecule has 0 aliphatic carbocycles. The van der Waals surface area contributed by atoms with E-state index in [1.54, 1.807) is 6.07 Å². The molecule has 21 heavy (non-hydrogen) atoms. The number of hydrogen-bond acceptors (Lipinski definition) is 6. The van der Waals surface area contributed by atoms with Gasteiger partial charge in [0.05, 0.1) is 12.8 Å². The highest BCUT2D eigenvalue weighted by Gasteiger charge is 2.19. The van der Waals surface area contributed by atoms with Gasteiger partial charge in [-0.3, -0.25) is 4.72 Å². The molecule has 2 N–H and O–H groups in total. The number of rotatable bonds is 5. The van der Waals surface area contributed by atoms with Crippen molar-refractivity contribution < 1.29 is 26.7 Å². The highest BCUT2D eigenvalue weighted by molar-refractivity contribution is 8.08. The molecule has 0 spiro atoms. The predicted molar refractivity (Wildman–Crippen MR) is 79.2 cm³/mol. The second kappa shape index (κ2) is 6.80. The topological polar surface area (TPSA) is 110 Å². The van der Waals surface area contributed by atoms with Gasteiger partial charge < -0.3 is 9.84 Å². The molecule has 0 heterocycles.